The highest BCUT2D eigenvalue weighted by atomic mass is 28.4. The Morgan fingerprint density at radius 3 is 1.74 bits per heavy atom. The first kappa shape index (κ1) is 25.2. The number of methoxy groups -OCH3 is 1. The normalized spacial score (nSPS) is 31.2. The number of aliphatic hydroxyl groups excluding tert-OH is 2. The zero-order valence-electron chi connectivity index (χ0n) is 19.1. The molecule has 0 bridgehead atoms. The first-order chi connectivity index (χ1) is 11.9. The maximum atomic E-state index is 10.8. The van der Waals surface area contributed by atoms with Gasteiger partial charge in [-0.1, -0.05) is 41.5 Å². The van der Waals surface area contributed by atoms with Crippen LogP contribution in [0.15, 0.2) is 0 Å². The van der Waals surface area contributed by atoms with Crippen LogP contribution >= 0.6 is 0 Å². The van der Waals surface area contributed by atoms with E-state index >= 15 is 0 Å². The Hall–Kier alpha value is 0.194. The summed E-state index contributed by atoms with van der Waals surface area (Å²) in [6.07, 6.45) is -4.30. The van der Waals surface area contributed by atoms with Crippen LogP contribution in [0.4, 0.5) is 0 Å². The van der Waals surface area contributed by atoms with Gasteiger partial charge in [0.15, 0.2) is 22.9 Å². The van der Waals surface area contributed by atoms with E-state index in [0.717, 1.165) is 0 Å². The van der Waals surface area contributed by atoms with Crippen LogP contribution < -0.4 is 0 Å². The molecule has 27 heavy (non-hydrogen) atoms. The Balaban J connectivity index is 2.90. The van der Waals surface area contributed by atoms with Crippen molar-refractivity contribution in [3.05, 3.63) is 0 Å². The van der Waals surface area contributed by atoms with E-state index in [1.807, 2.05) is 0 Å². The molecule has 0 radical (unpaired) electrons. The van der Waals surface area contributed by atoms with Crippen molar-refractivity contribution in [2.24, 2.45) is 0 Å². The molecule has 1 saturated heterocycles. The molecule has 0 aromatic carbocycles. The molecule has 0 aromatic rings. The van der Waals surface area contributed by atoms with Gasteiger partial charge in [0.1, 0.15) is 24.4 Å². The Morgan fingerprint density at radius 1 is 0.852 bits per heavy atom. The molecule has 1 aliphatic heterocycles. The summed E-state index contributed by atoms with van der Waals surface area (Å²) in [6, 6.07) is 0. The van der Waals surface area contributed by atoms with E-state index in [9.17, 15) is 10.2 Å². The maximum Gasteiger partial charge on any atom is 0.192 e. The fourth-order valence-electron chi connectivity index (χ4n) is 2.38. The molecule has 0 aromatic heterocycles. The molecule has 2 N–H and O–H groups in total. The Labute approximate surface area is 167 Å². The molecule has 8 heteroatoms. The van der Waals surface area contributed by atoms with Gasteiger partial charge in [-0.15, -0.1) is 0 Å². The lowest BCUT2D eigenvalue weighted by molar-refractivity contribution is -0.290. The number of rotatable bonds is 6. The smallest absolute Gasteiger partial charge is 0.192 e. The van der Waals surface area contributed by atoms with Crippen LogP contribution in [0.1, 0.15) is 41.5 Å². The van der Waals surface area contributed by atoms with Crippen molar-refractivity contribution >= 4 is 16.6 Å². The van der Waals surface area contributed by atoms with Gasteiger partial charge in [-0.05, 0) is 36.3 Å². The molecular weight excluding hydrogens is 380 g/mol. The van der Waals surface area contributed by atoms with Gasteiger partial charge in [0.05, 0.1) is 6.61 Å². The van der Waals surface area contributed by atoms with Crippen molar-refractivity contribution in [1.29, 1.82) is 0 Å². The molecule has 1 aliphatic rings. The molecule has 5 atom stereocenters. The molecule has 0 spiro atoms. The first-order valence-corrected chi connectivity index (χ1v) is 15.6. The van der Waals surface area contributed by atoms with Crippen LogP contribution in [0.2, 0.25) is 36.3 Å². The summed E-state index contributed by atoms with van der Waals surface area (Å²) in [4.78, 5) is 0. The summed E-state index contributed by atoms with van der Waals surface area (Å²) < 4.78 is 23.9. The van der Waals surface area contributed by atoms with Gasteiger partial charge in [-0.3, -0.25) is 0 Å². The summed E-state index contributed by atoms with van der Waals surface area (Å²) in [5.41, 5.74) is 0. The van der Waals surface area contributed by atoms with Crippen molar-refractivity contribution in [2.75, 3.05) is 13.7 Å². The third kappa shape index (κ3) is 5.85. The van der Waals surface area contributed by atoms with Crippen LogP contribution in [0.3, 0.4) is 0 Å². The summed E-state index contributed by atoms with van der Waals surface area (Å²) in [6.45, 7) is 21.6. The van der Waals surface area contributed by atoms with Crippen molar-refractivity contribution in [3.8, 4) is 0 Å². The molecular formula is C19H42O6Si2. The Kier molecular flexibility index (Phi) is 7.95. The summed E-state index contributed by atoms with van der Waals surface area (Å²) in [5.74, 6) is 0. The van der Waals surface area contributed by atoms with Crippen LogP contribution in [-0.2, 0) is 18.3 Å². The summed E-state index contributed by atoms with van der Waals surface area (Å²) >= 11 is 0. The molecule has 1 rings (SSSR count). The van der Waals surface area contributed by atoms with E-state index < -0.39 is 47.3 Å². The average molecular weight is 423 g/mol. The number of hydrogen-bond acceptors (Lipinski definition) is 6. The third-order valence-corrected chi connectivity index (χ3v) is 15.5. The molecule has 0 unspecified atom stereocenters. The maximum absolute atomic E-state index is 10.8. The van der Waals surface area contributed by atoms with Crippen molar-refractivity contribution in [3.63, 3.8) is 0 Å². The van der Waals surface area contributed by atoms with Crippen molar-refractivity contribution in [1.82, 2.24) is 0 Å². The number of aliphatic hydroxyl groups is 2. The second-order valence-corrected chi connectivity index (χ2v) is 20.2. The van der Waals surface area contributed by atoms with Crippen molar-refractivity contribution in [2.45, 2.75) is 109 Å². The van der Waals surface area contributed by atoms with Crippen LogP contribution in [-0.4, -0.2) is 71.3 Å². The SMILES string of the molecule is CO[C@@H]1O[C@H](CO[Si](C)(C)C(C)(C)C)[C@@H](O)[C@H](O)[C@H]1O[Si](C)(C)C(C)(C)C. The predicted octanol–water partition coefficient (Wildman–Crippen LogP) is 3.49. The number of ether oxygens (including phenoxy) is 2. The molecule has 1 fully saturated rings. The van der Waals surface area contributed by atoms with Gasteiger partial charge in [0, 0.05) is 7.11 Å². The second kappa shape index (κ2) is 8.51. The minimum absolute atomic E-state index is 0.0295. The van der Waals surface area contributed by atoms with E-state index in [-0.39, 0.29) is 16.7 Å². The molecule has 0 aliphatic carbocycles. The van der Waals surface area contributed by atoms with E-state index in [4.69, 9.17) is 18.3 Å². The zero-order valence-corrected chi connectivity index (χ0v) is 21.1. The lowest BCUT2D eigenvalue weighted by atomic mass is 9.99. The topological polar surface area (TPSA) is 77.4 Å². The predicted molar refractivity (Wildman–Crippen MR) is 113 cm³/mol. The standard InChI is InChI=1S/C19H42O6Si2/c1-18(2,3)26(8,9)23-12-13-14(20)15(21)16(17(22-7)24-13)25-27(10,11)19(4,5)6/h13-17,20-21H,12H2,1-11H3/t13-,14-,15+,16-,17-/m1/s1. The monoisotopic (exact) mass is 422 g/mol. The summed E-state index contributed by atoms with van der Waals surface area (Å²) in [7, 11) is -2.63. The Morgan fingerprint density at radius 2 is 1.33 bits per heavy atom. The third-order valence-electron chi connectivity index (χ3n) is 6.53. The van der Waals surface area contributed by atoms with Gasteiger partial charge in [0.25, 0.3) is 0 Å². The lowest BCUT2D eigenvalue weighted by Gasteiger charge is -2.47. The van der Waals surface area contributed by atoms with Gasteiger partial charge in [0.2, 0.25) is 0 Å². The van der Waals surface area contributed by atoms with Gasteiger partial charge < -0.3 is 28.5 Å². The van der Waals surface area contributed by atoms with E-state index in [2.05, 4.69) is 67.7 Å². The molecule has 0 amide bonds. The van der Waals surface area contributed by atoms with E-state index in [0.29, 0.717) is 0 Å². The van der Waals surface area contributed by atoms with Crippen molar-refractivity contribution < 1.29 is 28.5 Å². The minimum Gasteiger partial charge on any atom is -0.414 e. The fourth-order valence-corrected chi connectivity index (χ4v) is 4.68. The highest BCUT2D eigenvalue weighted by molar-refractivity contribution is 6.74. The van der Waals surface area contributed by atoms with E-state index in [1.165, 1.54) is 7.11 Å². The molecule has 0 saturated carbocycles. The zero-order chi connectivity index (χ0) is 21.4. The second-order valence-electron chi connectivity index (χ2n) is 10.7. The largest absolute Gasteiger partial charge is 0.414 e. The highest BCUT2D eigenvalue weighted by Crippen LogP contribution is 2.40. The van der Waals surface area contributed by atoms with Gasteiger partial charge in [-0.25, -0.2) is 0 Å². The summed E-state index contributed by atoms with van der Waals surface area (Å²) in [5, 5.41) is 21.5. The quantitative estimate of drug-likeness (QED) is 0.638. The number of hydrogen-bond donors (Lipinski definition) is 2. The molecule has 162 valence electrons. The van der Waals surface area contributed by atoms with Gasteiger partial charge >= 0.3 is 0 Å². The average Bonchev–Trinajstić information content (AvgIpc) is 2.48. The first-order valence-electron chi connectivity index (χ1n) is 9.81. The molecule has 1 heterocycles. The van der Waals surface area contributed by atoms with Crippen LogP contribution in [0.25, 0.3) is 0 Å². The van der Waals surface area contributed by atoms with Gasteiger partial charge in [-0.2, -0.15) is 0 Å². The van der Waals surface area contributed by atoms with Crippen LogP contribution in [0.5, 0.6) is 0 Å². The highest BCUT2D eigenvalue weighted by Gasteiger charge is 2.50. The van der Waals surface area contributed by atoms with E-state index in [1.54, 1.807) is 0 Å². The fraction of sp³-hybridized carbons (Fsp3) is 1.00. The minimum atomic E-state index is -2.17. The Bertz CT molecular complexity index is 480. The van der Waals surface area contributed by atoms with Crippen LogP contribution in [0, 0.1) is 0 Å². The molecule has 6 nitrogen and oxygen atoms in total. The lowest BCUT2D eigenvalue weighted by Crippen LogP contribution is -2.63.